The molecule has 0 unspecified atom stereocenters. The van der Waals surface area contributed by atoms with Crippen LogP contribution < -0.4 is 15.4 Å². The zero-order valence-electron chi connectivity index (χ0n) is 11.2. The number of nitrogens with zero attached hydrogens (tertiary/aromatic N) is 3. The van der Waals surface area contributed by atoms with E-state index in [1.807, 2.05) is 42.3 Å². The zero-order valence-corrected chi connectivity index (χ0v) is 11.2. The van der Waals surface area contributed by atoms with Gasteiger partial charge in [-0.15, -0.1) is 0 Å². The van der Waals surface area contributed by atoms with Crippen LogP contribution in [-0.4, -0.2) is 24.5 Å². The molecule has 0 fully saturated rings. The average molecular weight is 270 g/mol. The predicted octanol–water partition coefficient (Wildman–Crippen LogP) is 2.58. The Bertz CT molecular complexity index is 754. The monoisotopic (exact) mass is 270 g/mol. The Morgan fingerprint density at radius 1 is 1.15 bits per heavy atom. The van der Waals surface area contributed by atoms with Crippen molar-refractivity contribution in [3.63, 3.8) is 0 Å². The van der Waals surface area contributed by atoms with Crippen molar-refractivity contribution in [2.45, 2.75) is 0 Å². The highest BCUT2D eigenvalue weighted by atomic mass is 16.6. The van der Waals surface area contributed by atoms with Gasteiger partial charge in [-0.05, 0) is 34.6 Å². The third-order valence-electron chi connectivity index (χ3n) is 3.23. The van der Waals surface area contributed by atoms with Crippen molar-refractivity contribution in [1.29, 1.82) is 0 Å². The number of fused-ring (bicyclic) bond motifs is 1. The van der Waals surface area contributed by atoms with Crippen molar-refractivity contribution in [2.75, 3.05) is 24.8 Å². The van der Waals surface area contributed by atoms with E-state index in [0.29, 0.717) is 16.7 Å². The Labute approximate surface area is 115 Å². The van der Waals surface area contributed by atoms with Crippen LogP contribution in [0.2, 0.25) is 0 Å². The van der Waals surface area contributed by atoms with Crippen LogP contribution in [0.4, 0.5) is 17.1 Å². The molecule has 0 spiro atoms. The maximum atomic E-state index is 5.85. The quantitative estimate of drug-likeness (QED) is 0.737. The molecule has 0 atom stereocenters. The van der Waals surface area contributed by atoms with Gasteiger partial charge in [0.05, 0.1) is 18.5 Å². The van der Waals surface area contributed by atoms with Gasteiger partial charge in [-0.25, -0.2) is 4.63 Å². The smallest absolute Gasteiger partial charge is 0.160 e. The van der Waals surface area contributed by atoms with E-state index in [1.165, 1.54) is 0 Å². The number of hydrogen-bond donors (Lipinski definition) is 1. The molecule has 0 saturated carbocycles. The molecule has 2 aromatic carbocycles. The van der Waals surface area contributed by atoms with Gasteiger partial charge in [-0.3, -0.25) is 0 Å². The second-order valence-corrected chi connectivity index (χ2v) is 4.40. The molecule has 0 amide bonds. The summed E-state index contributed by atoms with van der Waals surface area (Å²) in [7, 11) is 3.58. The number of methoxy groups -OCH3 is 1. The largest absolute Gasteiger partial charge is 0.497 e. The number of aromatic nitrogens is 2. The number of ether oxygens (including phenoxy) is 1. The summed E-state index contributed by atoms with van der Waals surface area (Å²) in [6.45, 7) is 0. The minimum absolute atomic E-state index is 0.545. The summed E-state index contributed by atoms with van der Waals surface area (Å²) < 4.78 is 10.0. The molecule has 0 saturated heterocycles. The van der Waals surface area contributed by atoms with Crippen molar-refractivity contribution < 1.29 is 9.37 Å². The highest BCUT2D eigenvalue weighted by Gasteiger charge is 2.14. The SMILES string of the molecule is COc1cccc(N(C)c2ccc(N)c3nonc23)c1. The minimum atomic E-state index is 0.545. The fourth-order valence-corrected chi connectivity index (χ4v) is 2.10. The molecule has 6 nitrogen and oxygen atoms in total. The molecule has 0 aliphatic heterocycles. The summed E-state index contributed by atoms with van der Waals surface area (Å²) in [6.07, 6.45) is 0. The van der Waals surface area contributed by atoms with Gasteiger partial charge in [0.2, 0.25) is 0 Å². The zero-order chi connectivity index (χ0) is 14.1. The number of nitrogens with two attached hydrogens (primary N) is 1. The summed E-state index contributed by atoms with van der Waals surface area (Å²) in [6, 6.07) is 11.4. The Kier molecular flexibility index (Phi) is 2.90. The van der Waals surface area contributed by atoms with E-state index in [-0.39, 0.29) is 0 Å². The lowest BCUT2D eigenvalue weighted by molar-refractivity contribution is 0.315. The molecule has 6 heteroatoms. The fraction of sp³-hybridized carbons (Fsp3) is 0.143. The third kappa shape index (κ3) is 1.91. The molecular formula is C14H14N4O2. The summed E-state index contributed by atoms with van der Waals surface area (Å²) in [5.41, 5.74) is 9.44. The van der Waals surface area contributed by atoms with Crippen LogP contribution in [0, 0.1) is 0 Å². The van der Waals surface area contributed by atoms with Crippen LogP contribution in [0.5, 0.6) is 5.75 Å². The van der Waals surface area contributed by atoms with Crippen LogP contribution in [0.25, 0.3) is 11.0 Å². The van der Waals surface area contributed by atoms with Gasteiger partial charge in [0, 0.05) is 18.8 Å². The highest BCUT2D eigenvalue weighted by Crippen LogP contribution is 2.33. The number of rotatable bonds is 3. The van der Waals surface area contributed by atoms with Gasteiger partial charge in [0.15, 0.2) is 11.0 Å². The molecule has 0 aliphatic rings. The van der Waals surface area contributed by atoms with E-state index >= 15 is 0 Å². The van der Waals surface area contributed by atoms with Gasteiger partial charge in [-0.2, -0.15) is 0 Å². The molecule has 1 aromatic heterocycles. The van der Waals surface area contributed by atoms with E-state index in [2.05, 4.69) is 10.3 Å². The van der Waals surface area contributed by atoms with E-state index in [1.54, 1.807) is 13.2 Å². The molecule has 0 radical (unpaired) electrons. The van der Waals surface area contributed by atoms with E-state index < -0.39 is 0 Å². The Balaban J connectivity index is 2.10. The first-order chi connectivity index (χ1) is 9.70. The van der Waals surface area contributed by atoms with E-state index in [9.17, 15) is 0 Å². The van der Waals surface area contributed by atoms with Crippen molar-refractivity contribution in [3.8, 4) is 5.75 Å². The van der Waals surface area contributed by atoms with Gasteiger partial charge in [0.25, 0.3) is 0 Å². The van der Waals surface area contributed by atoms with Crippen molar-refractivity contribution in [1.82, 2.24) is 10.3 Å². The van der Waals surface area contributed by atoms with Crippen LogP contribution >= 0.6 is 0 Å². The summed E-state index contributed by atoms with van der Waals surface area (Å²) >= 11 is 0. The van der Waals surface area contributed by atoms with Gasteiger partial charge < -0.3 is 15.4 Å². The molecule has 0 bridgehead atoms. The van der Waals surface area contributed by atoms with Gasteiger partial charge in [0.1, 0.15) is 5.75 Å². The number of hydrogen-bond acceptors (Lipinski definition) is 6. The number of nitrogen functional groups attached to an aromatic ring is 1. The van der Waals surface area contributed by atoms with Gasteiger partial charge >= 0.3 is 0 Å². The van der Waals surface area contributed by atoms with E-state index in [4.69, 9.17) is 15.1 Å². The highest BCUT2D eigenvalue weighted by molar-refractivity contribution is 5.96. The first kappa shape index (κ1) is 12.3. The summed E-state index contributed by atoms with van der Waals surface area (Å²) in [4.78, 5) is 1.98. The summed E-state index contributed by atoms with van der Waals surface area (Å²) in [5, 5.41) is 7.76. The number of benzene rings is 2. The lowest BCUT2D eigenvalue weighted by Gasteiger charge is -2.20. The maximum absolute atomic E-state index is 5.85. The van der Waals surface area contributed by atoms with Crippen LogP contribution in [0.15, 0.2) is 41.0 Å². The molecule has 102 valence electrons. The third-order valence-corrected chi connectivity index (χ3v) is 3.23. The lowest BCUT2D eigenvalue weighted by atomic mass is 10.2. The molecule has 3 rings (SSSR count). The molecule has 3 aromatic rings. The van der Waals surface area contributed by atoms with Crippen molar-refractivity contribution in [2.24, 2.45) is 0 Å². The fourth-order valence-electron chi connectivity index (χ4n) is 2.10. The lowest BCUT2D eigenvalue weighted by Crippen LogP contribution is -2.10. The number of anilines is 3. The molecule has 20 heavy (non-hydrogen) atoms. The first-order valence-electron chi connectivity index (χ1n) is 6.09. The Morgan fingerprint density at radius 3 is 2.75 bits per heavy atom. The second-order valence-electron chi connectivity index (χ2n) is 4.40. The maximum Gasteiger partial charge on any atom is 0.160 e. The van der Waals surface area contributed by atoms with Gasteiger partial charge in [-0.1, -0.05) is 6.07 Å². The van der Waals surface area contributed by atoms with Crippen LogP contribution in [-0.2, 0) is 0 Å². The first-order valence-corrected chi connectivity index (χ1v) is 6.09. The Morgan fingerprint density at radius 2 is 1.95 bits per heavy atom. The molecular weight excluding hydrogens is 256 g/mol. The van der Waals surface area contributed by atoms with Crippen LogP contribution in [0.1, 0.15) is 0 Å². The summed E-state index contributed by atoms with van der Waals surface area (Å²) in [5.74, 6) is 0.791. The predicted molar refractivity (Wildman–Crippen MR) is 77.3 cm³/mol. The second kappa shape index (κ2) is 4.73. The average Bonchev–Trinajstić information content (AvgIpc) is 2.97. The Hall–Kier alpha value is -2.76. The standard InChI is InChI=1S/C14H14N4O2/c1-18(9-4-3-5-10(8-9)19-2)12-7-6-11(15)13-14(12)17-20-16-13/h3-8H,15H2,1-2H3. The van der Waals surface area contributed by atoms with E-state index in [0.717, 1.165) is 17.1 Å². The normalized spacial score (nSPS) is 10.7. The minimum Gasteiger partial charge on any atom is -0.497 e. The van der Waals surface area contributed by atoms with Crippen molar-refractivity contribution in [3.05, 3.63) is 36.4 Å². The molecule has 2 N–H and O–H groups in total. The van der Waals surface area contributed by atoms with Crippen molar-refractivity contribution >= 4 is 28.1 Å². The van der Waals surface area contributed by atoms with Crippen LogP contribution in [0.3, 0.4) is 0 Å². The topological polar surface area (TPSA) is 77.4 Å². The molecule has 1 heterocycles. The molecule has 0 aliphatic carbocycles.